The number of nitrogens with one attached hydrogen (secondary N) is 1. The van der Waals surface area contributed by atoms with Crippen LogP contribution in [0.15, 0.2) is 24.3 Å². The van der Waals surface area contributed by atoms with Crippen LogP contribution in [0.3, 0.4) is 0 Å². The Morgan fingerprint density at radius 1 is 0.333 bits per heavy atom. The van der Waals surface area contributed by atoms with Crippen LogP contribution in [0, 0.1) is 0 Å². The van der Waals surface area contributed by atoms with Crippen molar-refractivity contribution < 1.29 is 24.5 Å². The number of allylic oxidation sites excluding steroid dienone is 4. The molecule has 0 heterocycles. The number of aliphatic hydroxyl groups is 2. The van der Waals surface area contributed by atoms with Gasteiger partial charge >= 0.3 is 5.97 Å². The topological polar surface area (TPSA) is 95.9 Å². The number of hydrogen-bond donors (Lipinski definition) is 3. The molecular weight excluding hydrogens is 1030 g/mol. The van der Waals surface area contributed by atoms with Crippen molar-refractivity contribution in [2.75, 3.05) is 13.2 Å². The molecular formula is C78H151NO5. The minimum absolute atomic E-state index is 0.0202. The van der Waals surface area contributed by atoms with E-state index in [1.165, 1.54) is 360 Å². The Hall–Kier alpha value is -1.66. The lowest BCUT2D eigenvalue weighted by atomic mass is 10.0. The Balaban J connectivity index is 3.36. The van der Waals surface area contributed by atoms with Gasteiger partial charge in [-0.1, -0.05) is 391 Å². The third kappa shape index (κ3) is 69.4. The standard InChI is InChI=1S/C78H151NO5/c1-3-5-7-9-11-13-15-17-18-19-41-44-47-50-54-58-62-66-70-76(81)75(74-80)79-77(82)71-67-63-59-55-51-48-45-42-39-37-35-33-31-29-27-25-23-21-20-22-24-26-28-30-32-34-36-38-40-43-46-49-53-57-61-65-69-73-84-78(83)72-68-64-60-56-52-16-14-12-10-8-6-4-2/h20,22,26,28,75-76,80-81H,3-19,21,23-25,27,29-74H2,1-2H3,(H,79,82)/b22-20-,28-26-. The van der Waals surface area contributed by atoms with Crippen LogP contribution < -0.4 is 5.32 Å². The summed E-state index contributed by atoms with van der Waals surface area (Å²) in [5, 5.41) is 23.4. The molecule has 0 aliphatic rings. The second kappa shape index (κ2) is 73.8. The van der Waals surface area contributed by atoms with Gasteiger partial charge in [0.05, 0.1) is 25.4 Å². The lowest BCUT2D eigenvalue weighted by Crippen LogP contribution is -2.45. The van der Waals surface area contributed by atoms with Gasteiger partial charge in [0.15, 0.2) is 0 Å². The first kappa shape index (κ1) is 82.3. The summed E-state index contributed by atoms with van der Waals surface area (Å²) in [6, 6.07) is -0.539. The molecule has 0 spiro atoms. The summed E-state index contributed by atoms with van der Waals surface area (Å²) in [4.78, 5) is 24.6. The van der Waals surface area contributed by atoms with Crippen LogP contribution >= 0.6 is 0 Å². The molecule has 0 aliphatic heterocycles. The zero-order valence-electron chi connectivity index (χ0n) is 57.2. The van der Waals surface area contributed by atoms with Crippen LogP contribution in [0.4, 0.5) is 0 Å². The van der Waals surface area contributed by atoms with Gasteiger partial charge in [0.25, 0.3) is 0 Å². The van der Waals surface area contributed by atoms with Crippen molar-refractivity contribution in [3.63, 3.8) is 0 Å². The fourth-order valence-corrected chi connectivity index (χ4v) is 12.4. The van der Waals surface area contributed by atoms with Gasteiger partial charge in [-0.2, -0.15) is 0 Å². The summed E-state index contributed by atoms with van der Waals surface area (Å²) in [6.45, 7) is 5.00. The van der Waals surface area contributed by atoms with Crippen molar-refractivity contribution in [2.45, 2.75) is 450 Å². The third-order valence-corrected chi connectivity index (χ3v) is 18.3. The Kier molecular flexibility index (Phi) is 72.3. The van der Waals surface area contributed by atoms with Gasteiger partial charge in [-0.05, 0) is 57.8 Å². The SMILES string of the molecule is CCCCCCCCCCCCCCCCCCCCC(O)C(CO)NC(=O)CCCCCCCCCCCCCCCCCCC/C=C\C/C=C\CCCCCCCCCCCCCCCOC(=O)CCCCCCCCCCCCCC. The van der Waals surface area contributed by atoms with Gasteiger partial charge in [-0.3, -0.25) is 9.59 Å². The summed E-state index contributed by atoms with van der Waals surface area (Å²) in [7, 11) is 0. The molecule has 0 rings (SSSR count). The zero-order chi connectivity index (χ0) is 60.6. The first-order chi connectivity index (χ1) is 41.5. The predicted molar refractivity (Wildman–Crippen MR) is 370 cm³/mol. The molecule has 0 fully saturated rings. The number of ether oxygens (including phenoxy) is 1. The maximum Gasteiger partial charge on any atom is 0.305 e. The molecule has 0 aromatic rings. The molecule has 498 valence electrons. The zero-order valence-corrected chi connectivity index (χ0v) is 57.2. The first-order valence-corrected chi connectivity index (χ1v) is 38.6. The number of aliphatic hydroxyl groups excluding tert-OH is 2. The number of hydrogen-bond acceptors (Lipinski definition) is 5. The molecule has 84 heavy (non-hydrogen) atoms. The number of esters is 1. The van der Waals surface area contributed by atoms with E-state index in [1.807, 2.05) is 0 Å². The van der Waals surface area contributed by atoms with Crippen molar-refractivity contribution in [2.24, 2.45) is 0 Å². The van der Waals surface area contributed by atoms with Crippen molar-refractivity contribution >= 4 is 11.9 Å². The minimum atomic E-state index is -0.663. The van der Waals surface area contributed by atoms with Crippen molar-refractivity contribution in [1.82, 2.24) is 5.32 Å². The van der Waals surface area contributed by atoms with E-state index in [-0.39, 0.29) is 18.5 Å². The molecule has 0 saturated heterocycles. The van der Waals surface area contributed by atoms with E-state index in [0.717, 1.165) is 44.9 Å². The molecule has 3 N–H and O–H groups in total. The van der Waals surface area contributed by atoms with Crippen LogP contribution in [0.25, 0.3) is 0 Å². The molecule has 6 nitrogen and oxygen atoms in total. The molecule has 6 heteroatoms. The normalized spacial score (nSPS) is 12.6. The Labute approximate surface area is 526 Å². The maximum atomic E-state index is 12.5. The van der Waals surface area contributed by atoms with Crippen molar-refractivity contribution in [1.29, 1.82) is 0 Å². The van der Waals surface area contributed by atoms with E-state index >= 15 is 0 Å². The number of amides is 1. The lowest BCUT2D eigenvalue weighted by Gasteiger charge is -2.22. The van der Waals surface area contributed by atoms with Crippen LogP contribution in [0.2, 0.25) is 0 Å². The largest absolute Gasteiger partial charge is 0.466 e. The third-order valence-electron chi connectivity index (χ3n) is 18.3. The summed E-state index contributed by atoms with van der Waals surface area (Å²) in [5.41, 5.74) is 0. The number of unbranched alkanes of at least 4 members (excludes halogenated alkanes) is 58. The summed E-state index contributed by atoms with van der Waals surface area (Å²) < 4.78 is 5.49. The van der Waals surface area contributed by atoms with E-state index < -0.39 is 12.1 Å². The fraction of sp³-hybridized carbons (Fsp3) is 0.923. The molecule has 2 unspecified atom stereocenters. The lowest BCUT2D eigenvalue weighted by molar-refractivity contribution is -0.143. The van der Waals surface area contributed by atoms with Gasteiger partial charge in [0, 0.05) is 12.8 Å². The van der Waals surface area contributed by atoms with Crippen molar-refractivity contribution in [3.05, 3.63) is 24.3 Å². The van der Waals surface area contributed by atoms with Gasteiger partial charge in [-0.15, -0.1) is 0 Å². The maximum absolute atomic E-state index is 12.5. The Bertz CT molecular complexity index is 1320. The fourth-order valence-electron chi connectivity index (χ4n) is 12.4. The molecule has 0 aliphatic carbocycles. The highest BCUT2D eigenvalue weighted by Crippen LogP contribution is 2.20. The van der Waals surface area contributed by atoms with Crippen molar-refractivity contribution in [3.8, 4) is 0 Å². The first-order valence-electron chi connectivity index (χ1n) is 38.6. The quantitative estimate of drug-likeness (QED) is 0.0320. The van der Waals surface area contributed by atoms with Crippen LogP contribution in [0.5, 0.6) is 0 Å². The predicted octanol–water partition coefficient (Wildman–Crippen LogP) is 25.3. The molecule has 0 bridgehead atoms. The highest BCUT2D eigenvalue weighted by molar-refractivity contribution is 5.76. The molecule has 0 radical (unpaired) electrons. The molecule has 0 saturated carbocycles. The van der Waals surface area contributed by atoms with Gasteiger partial charge < -0.3 is 20.3 Å². The number of rotatable bonds is 73. The summed E-state index contributed by atoms with van der Waals surface area (Å²) in [6.07, 6.45) is 94.1. The van der Waals surface area contributed by atoms with Gasteiger partial charge in [-0.25, -0.2) is 0 Å². The molecule has 2 atom stereocenters. The second-order valence-corrected chi connectivity index (χ2v) is 26.7. The van der Waals surface area contributed by atoms with E-state index in [2.05, 4.69) is 43.5 Å². The average Bonchev–Trinajstić information content (AvgIpc) is 3.50. The van der Waals surface area contributed by atoms with Crippen LogP contribution in [0.1, 0.15) is 438 Å². The monoisotopic (exact) mass is 1180 g/mol. The van der Waals surface area contributed by atoms with E-state index in [9.17, 15) is 19.8 Å². The highest BCUT2D eigenvalue weighted by atomic mass is 16.5. The van der Waals surface area contributed by atoms with Gasteiger partial charge in [0.2, 0.25) is 5.91 Å². The van der Waals surface area contributed by atoms with Crippen LogP contribution in [-0.2, 0) is 14.3 Å². The Morgan fingerprint density at radius 3 is 0.905 bits per heavy atom. The number of carbonyl (C=O) groups is 2. The van der Waals surface area contributed by atoms with Crippen LogP contribution in [-0.4, -0.2) is 47.4 Å². The average molecular weight is 1180 g/mol. The molecule has 0 aromatic carbocycles. The number of carbonyl (C=O) groups excluding carboxylic acids is 2. The molecule has 1 amide bonds. The van der Waals surface area contributed by atoms with E-state index in [4.69, 9.17) is 4.74 Å². The smallest absolute Gasteiger partial charge is 0.305 e. The van der Waals surface area contributed by atoms with E-state index in [1.54, 1.807) is 0 Å². The summed E-state index contributed by atoms with van der Waals surface area (Å²) >= 11 is 0. The minimum Gasteiger partial charge on any atom is -0.466 e. The summed E-state index contributed by atoms with van der Waals surface area (Å²) in [5.74, 6) is -0.00757. The van der Waals surface area contributed by atoms with E-state index in [0.29, 0.717) is 25.9 Å². The van der Waals surface area contributed by atoms with Gasteiger partial charge in [0.1, 0.15) is 0 Å². The Morgan fingerprint density at radius 2 is 0.595 bits per heavy atom. The highest BCUT2D eigenvalue weighted by Gasteiger charge is 2.20. The second-order valence-electron chi connectivity index (χ2n) is 26.7. The molecule has 0 aromatic heterocycles.